The summed E-state index contributed by atoms with van der Waals surface area (Å²) >= 11 is 6.62. The predicted molar refractivity (Wildman–Crippen MR) is 133 cm³/mol. The minimum absolute atomic E-state index is 0.225. The number of nitrogens with one attached hydrogen (secondary N) is 2. The molecule has 3 aromatic carbocycles. The molecule has 0 atom stereocenters. The summed E-state index contributed by atoms with van der Waals surface area (Å²) in [5.41, 5.74) is 5.28. The molecule has 32 heavy (non-hydrogen) atoms. The lowest BCUT2D eigenvalue weighted by molar-refractivity contribution is 0.0981. The van der Waals surface area contributed by atoms with Crippen LogP contribution in [-0.2, 0) is 0 Å². The first-order valence-electron chi connectivity index (χ1n) is 9.88. The number of thiophene rings is 1. The number of fused-ring (bicyclic) bond motifs is 1. The van der Waals surface area contributed by atoms with Crippen LogP contribution < -0.4 is 10.6 Å². The van der Waals surface area contributed by atoms with Crippen LogP contribution in [0.2, 0.25) is 0 Å². The van der Waals surface area contributed by atoms with E-state index >= 15 is 0 Å². The molecule has 2 aromatic heterocycles. The fraction of sp³-hybridized carbons (Fsp3) is 0. The van der Waals surface area contributed by atoms with Gasteiger partial charge in [0.05, 0.1) is 4.88 Å². The minimum Gasteiger partial charge on any atom is -0.436 e. The van der Waals surface area contributed by atoms with Gasteiger partial charge in [-0.1, -0.05) is 48.5 Å². The molecule has 0 aliphatic heterocycles. The van der Waals surface area contributed by atoms with Gasteiger partial charge in [0.2, 0.25) is 5.89 Å². The highest BCUT2D eigenvalue weighted by molar-refractivity contribution is 7.80. The topological polar surface area (TPSA) is 67.2 Å². The Hall–Kier alpha value is -3.81. The van der Waals surface area contributed by atoms with Crippen molar-refractivity contribution in [3.63, 3.8) is 0 Å². The van der Waals surface area contributed by atoms with E-state index in [1.165, 1.54) is 11.3 Å². The summed E-state index contributed by atoms with van der Waals surface area (Å²) in [4.78, 5) is 17.4. The van der Waals surface area contributed by atoms with E-state index in [-0.39, 0.29) is 11.0 Å². The van der Waals surface area contributed by atoms with Gasteiger partial charge in [-0.25, -0.2) is 4.98 Å². The molecule has 0 unspecified atom stereocenters. The number of carbonyl (C=O) groups excluding carboxylic acids is 1. The third kappa shape index (κ3) is 4.30. The van der Waals surface area contributed by atoms with Crippen molar-refractivity contribution in [3.05, 3.63) is 95.2 Å². The van der Waals surface area contributed by atoms with E-state index in [2.05, 4.69) is 39.9 Å². The molecule has 5 rings (SSSR count). The molecule has 0 spiro atoms. The molecule has 7 heteroatoms. The van der Waals surface area contributed by atoms with E-state index < -0.39 is 0 Å². The smallest absolute Gasteiger partial charge is 0.267 e. The van der Waals surface area contributed by atoms with Crippen LogP contribution >= 0.6 is 23.6 Å². The van der Waals surface area contributed by atoms with Crippen molar-refractivity contribution in [1.29, 1.82) is 0 Å². The van der Waals surface area contributed by atoms with E-state index in [9.17, 15) is 4.79 Å². The van der Waals surface area contributed by atoms with Gasteiger partial charge in [0.25, 0.3) is 5.91 Å². The third-order valence-corrected chi connectivity index (χ3v) is 5.93. The summed E-state index contributed by atoms with van der Waals surface area (Å²) in [6.07, 6.45) is 0. The van der Waals surface area contributed by atoms with Crippen molar-refractivity contribution in [2.75, 3.05) is 5.32 Å². The number of amides is 1. The summed E-state index contributed by atoms with van der Waals surface area (Å²) in [7, 11) is 0. The fourth-order valence-electron chi connectivity index (χ4n) is 3.30. The van der Waals surface area contributed by atoms with Crippen LogP contribution in [0.5, 0.6) is 0 Å². The Morgan fingerprint density at radius 3 is 2.38 bits per heavy atom. The number of aromatic nitrogens is 1. The lowest BCUT2D eigenvalue weighted by atomic mass is 10.0. The van der Waals surface area contributed by atoms with Crippen LogP contribution in [0.3, 0.4) is 0 Å². The van der Waals surface area contributed by atoms with Crippen LogP contribution in [0.4, 0.5) is 5.69 Å². The van der Waals surface area contributed by atoms with Crippen molar-refractivity contribution in [3.8, 4) is 22.6 Å². The SMILES string of the molecule is O=C(NC(=S)Nc1ccc2oc(-c3ccc(-c4ccccc4)cc3)nc2c1)c1cccs1. The second kappa shape index (κ2) is 8.74. The van der Waals surface area contributed by atoms with Crippen molar-refractivity contribution in [2.24, 2.45) is 0 Å². The van der Waals surface area contributed by atoms with Gasteiger partial charge in [-0.15, -0.1) is 11.3 Å². The van der Waals surface area contributed by atoms with E-state index in [0.717, 1.165) is 16.7 Å². The second-order valence-electron chi connectivity index (χ2n) is 7.03. The molecule has 0 saturated carbocycles. The first-order valence-corrected chi connectivity index (χ1v) is 11.2. The van der Waals surface area contributed by atoms with Crippen molar-refractivity contribution >= 4 is 51.4 Å². The summed E-state index contributed by atoms with van der Waals surface area (Å²) in [6.45, 7) is 0. The van der Waals surface area contributed by atoms with Crippen molar-refractivity contribution < 1.29 is 9.21 Å². The second-order valence-corrected chi connectivity index (χ2v) is 8.39. The maximum Gasteiger partial charge on any atom is 0.267 e. The summed E-state index contributed by atoms with van der Waals surface area (Å²) in [6, 6.07) is 27.4. The number of thiocarbonyl (C=S) groups is 1. The Morgan fingerprint density at radius 1 is 0.875 bits per heavy atom. The van der Waals surface area contributed by atoms with E-state index in [1.807, 2.05) is 60.0 Å². The Kier molecular flexibility index (Phi) is 5.49. The fourth-order valence-corrected chi connectivity index (χ4v) is 4.13. The van der Waals surface area contributed by atoms with Crippen LogP contribution in [0.25, 0.3) is 33.7 Å². The van der Waals surface area contributed by atoms with Crippen molar-refractivity contribution in [1.82, 2.24) is 10.3 Å². The quantitative estimate of drug-likeness (QED) is 0.309. The van der Waals surface area contributed by atoms with Gasteiger partial charge in [-0.3, -0.25) is 10.1 Å². The molecule has 0 radical (unpaired) electrons. The lowest BCUT2D eigenvalue weighted by Crippen LogP contribution is -2.33. The number of oxazole rings is 1. The summed E-state index contributed by atoms with van der Waals surface area (Å²) in [5, 5.41) is 7.77. The van der Waals surface area contributed by atoms with Gasteiger partial charge in [-0.2, -0.15) is 0 Å². The monoisotopic (exact) mass is 455 g/mol. The third-order valence-electron chi connectivity index (χ3n) is 4.86. The number of carbonyl (C=O) groups is 1. The van der Waals surface area contributed by atoms with Gasteiger partial charge in [0.15, 0.2) is 10.7 Å². The Balaban J connectivity index is 1.32. The average molecular weight is 456 g/mol. The average Bonchev–Trinajstić information content (AvgIpc) is 3.50. The molecule has 0 aliphatic rings. The maximum atomic E-state index is 12.1. The highest BCUT2D eigenvalue weighted by atomic mass is 32.1. The molecule has 5 aromatic rings. The van der Waals surface area contributed by atoms with Gasteiger partial charge >= 0.3 is 0 Å². The lowest BCUT2D eigenvalue weighted by Gasteiger charge is -2.08. The zero-order chi connectivity index (χ0) is 21.9. The standard InChI is InChI=1S/C25H17N3O2S2/c29-23(22-7-4-14-32-22)28-25(31)26-19-12-13-21-20(15-19)27-24(30-21)18-10-8-17(9-11-18)16-5-2-1-3-6-16/h1-15H,(H2,26,28,29,31). The molecule has 1 amide bonds. The number of anilines is 1. The highest BCUT2D eigenvalue weighted by Gasteiger charge is 2.12. The van der Waals surface area contributed by atoms with Gasteiger partial charge in [-0.05, 0) is 65.1 Å². The van der Waals surface area contributed by atoms with E-state index in [0.29, 0.717) is 27.6 Å². The highest BCUT2D eigenvalue weighted by Crippen LogP contribution is 2.28. The molecular formula is C25H17N3O2S2. The van der Waals surface area contributed by atoms with Gasteiger partial charge in [0, 0.05) is 11.3 Å². The van der Waals surface area contributed by atoms with Crippen LogP contribution in [-0.4, -0.2) is 16.0 Å². The first kappa shape index (κ1) is 20.1. The Labute approximate surface area is 193 Å². The van der Waals surface area contributed by atoms with Crippen LogP contribution in [0, 0.1) is 0 Å². The number of hydrogen-bond acceptors (Lipinski definition) is 5. The number of benzene rings is 3. The molecule has 0 saturated heterocycles. The maximum absolute atomic E-state index is 12.1. The predicted octanol–water partition coefficient (Wildman–Crippen LogP) is 6.35. The molecule has 2 heterocycles. The van der Waals surface area contributed by atoms with E-state index in [1.54, 1.807) is 6.07 Å². The number of hydrogen-bond donors (Lipinski definition) is 2. The summed E-state index contributed by atoms with van der Waals surface area (Å²) < 4.78 is 5.93. The minimum atomic E-state index is -0.235. The largest absolute Gasteiger partial charge is 0.436 e. The molecule has 156 valence electrons. The number of rotatable bonds is 4. The van der Waals surface area contributed by atoms with Crippen molar-refractivity contribution in [2.45, 2.75) is 0 Å². The Morgan fingerprint density at radius 2 is 1.62 bits per heavy atom. The van der Waals surface area contributed by atoms with E-state index in [4.69, 9.17) is 16.6 Å². The van der Waals surface area contributed by atoms with Crippen LogP contribution in [0.1, 0.15) is 9.67 Å². The number of nitrogens with zero attached hydrogens (tertiary/aromatic N) is 1. The first-order chi connectivity index (χ1) is 15.7. The normalized spacial score (nSPS) is 10.8. The van der Waals surface area contributed by atoms with Gasteiger partial charge in [0.1, 0.15) is 5.52 Å². The zero-order valence-corrected chi connectivity index (χ0v) is 18.4. The molecule has 0 bridgehead atoms. The Bertz CT molecular complexity index is 1390. The molecule has 5 nitrogen and oxygen atoms in total. The zero-order valence-electron chi connectivity index (χ0n) is 16.7. The van der Waals surface area contributed by atoms with Crippen LogP contribution in [0.15, 0.2) is 94.7 Å². The molecule has 2 N–H and O–H groups in total. The molecular weight excluding hydrogens is 438 g/mol. The molecule has 0 fully saturated rings. The summed E-state index contributed by atoms with van der Waals surface area (Å²) in [5.74, 6) is 0.312. The van der Waals surface area contributed by atoms with Gasteiger partial charge < -0.3 is 9.73 Å². The molecule has 0 aliphatic carbocycles.